The van der Waals surface area contributed by atoms with E-state index in [2.05, 4.69) is 9.89 Å². The van der Waals surface area contributed by atoms with Crippen molar-refractivity contribution in [1.29, 1.82) is 0 Å². The SMILES string of the molecule is CS(=O)(=O)CCOCCN=C(N)N1CCN(c2ccc(F)cc2)CC1. The minimum Gasteiger partial charge on any atom is -0.378 e. The van der Waals surface area contributed by atoms with E-state index in [1.165, 1.54) is 18.4 Å². The molecule has 0 saturated carbocycles. The first kappa shape index (κ1) is 19.5. The lowest BCUT2D eigenvalue weighted by Gasteiger charge is -2.36. The number of hydrogen-bond acceptors (Lipinski definition) is 5. The minimum absolute atomic E-state index is 0.0115. The Hall–Kier alpha value is -1.87. The van der Waals surface area contributed by atoms with Gasteiger partial charge in [0, 0.05) is 38.1 Å². The standard InChI is InChI=1S/C16H25FN4O3S/c1-25(22,23)13-12-24-11-6-19-16(18)21-9-7-20(8-10-21)15-4-2-14(17)3-5-15/h2-5H,6-13H2,1H3,(H2,18,19). The predicted molar refractivity (Wildman–Crippen MR) is 97.2 cm³/mol. The zero-order valence-corrected chi connectivity index (χ0v) is 15.2. The molecule has 0 aliphatic carbocycles. The molecular formula is C16H25FN4O3S. The van der Waals surface area contributed by atoms with Crippen molar-refractivity contribution in [2.75, 3.05) is 62.8 Å². The molecule has 2 rings (SSSR count). The monoisotopic (exact) mass is 372 g/mol. The molecule has 0 spiro atoms. The van der Waals surface area contributed by atoms with E-state index < -0.39 is 9.84 Å². The summed E-state index contributed by atoms with van der Waals surface area (Å²) in [7, 11) is -2.99. The first-order chi connectivity index (χ1) is 11.8. The van der Waals surface area contributed by atoms with Crippen LogP contribution >= 0.6 is 0 Å². The second-order valence-corrected chi connectivity index (χ2v) is 8.19. The zero-order valence-electron chi connectivity index (χ0n) is 14.4. The molecule has 0 atom stereocenters. The lowest BCUT2D eigenvalue weighted by molar-refractivity contribution is 0.157. The summed E-state index contributed by atoms with van der Waals surface area (Å²) in [6, 6.07) is 6.47. The van der Waals surface area contributed by atoms with E-state index >= 15 is 0 Å². The number of sulfone groups is 1. The van der Waals surface area contributed by atoms with Crippen molar-refractivity contribution in [2.24, 2.45) is 10.7 Å². The molecule has 9 heteroatoms. The van der Waals surface area contributed by atoms with Crippen LogP contribution in [0.15, 0.2) is 29.3 Å². The highest BCUT2D eigenvalue weighted by Gasteiger charge is 2.18. The number of aliphatic imine (C=N–C) groups is 1. The molecular weight excluding hydrogens is 347 g/mol. The Bertz CT molecular complexity index is 671. The van der Waals surface area contributed by atoms with Gasteiger partial charge in [0.05, 0.1) is 25.5 Å². The topological polar surface area (TPSA) is 88.2 Å². The van der Waals surface area contributed by atoms with Crippen molar-refractivity contribution < 1.29 is 17.5 Å². The van der Waals surface area contributed by atoms with E-state index in [9.17, 15) is 12.8 Å². The van der Waals surface area contributed by atoms with Gasteiger partial charge < -0.3 is 20.3 Å². The van der Waals surface area contributed by atoms with Gasteiger partial charge in [-0.2, -0.15) is 0 Å². The molecule has 0 bridgehead atoms. The summed E-state index contributed by atoms with van der Waals surface area (Å²) in [4.78, 5) is 8.44. The second kappa shape index (κ2) is 9.00. The molecule has 0 radical (unpaired) electrons. The second-order valence-electron chi connectivity index (χ2n) is 5.93. The van der Waals surface area contributed by atoms with E-state index in [0.29, 0.717) is 19.1 Å². The molecule has 1 aromatic carbocycles. The van der Waals surface area contributed by atoms with Crippen LogP contribution in [0.3, 0.4) is 0 Å². The maximum absolute atomic E-state index is 13.0. The lowest BCUT2D eigenvalue weighted by Crippen LogP contribution is -2.51. The van der Waals surface area contributed by atoms with Gasteiger partial charge in [-0.15, -0.1) is 0 Å². The number of guanidine groups is 1. The lowest BCUT2D eigenvalue weighted by atomic mass is 10.2. The third kappa shape index (κ3) is 6.87. The highest BCUT2D eigenvalue weighted by atomic mass is 32.2. The number of benzene rings is 1. The number of rotatable bonds is 7. The van der Waals surface area contributed by atoms with Crippen molar-refractivity contribution in [3.8, 4) is 0 Å². The van der Waals surface area contributed by atoms with E-state index in [0.717, 1.165) is 31.9 Å². The van der Waals surface area contributed by atoms with Gasteiger partial charge in [-0.05, 0) is 24.3 Å². The molecule has 140 valence electrons. The van der Waals surface area contributed by atoms with Crippen LogP contribution in [0.4, 0.5) is 10.1 Å². The molecule has 1 aromatic rings. The maximum Gasteiger partial charge on any atom is 0.191 e. The first-order valence-corrected chi connectivity index (χ1v) is 10.2. The summed E-state index contributed by atoms with van der Waals surface area (Å²) in [5, 5.41) is 0. The average molecular weight is 372 g/mol. The summed E-state index contributed by atoms with van der Waals surface area (Å²) >= 11 is 0. The fourth-order valence-corrected chi connectivity index (χ4v) is 2.90. The van der Waals surface area contributed by atoms with Gasteiger partial charge in [0.2, 0.25) is 0 Å². The third-order valence-electron chi connectivity index (χ3n) is 3.90. The summed E-state index contributed by atoms with van der Waals surface area (Å²) in [5.74, 6) is 0.236. The van der Waals surface area contributed by atoms with Crippen LogP contribution in [0.5, 0.6) is 0 Å². The van der Waals surface area contributed by atoms with E-state index in [-0.39, 0.29) is 18.2 Å². The van der Waals surface area contributed by atoms with Gasteiger partial charge in [-0.1, -0.05) is 0 Å². The highest BCUT2D eigenvalue weighted by molar-refractivity contribution is 7.90. The van der Waals surface area contributed by atoms with Crippen molar-refractivity contribution >= 4 is 21.5 Å². The predicted octanol–water partition coefficient (Wildman–Crippen LogP) is 0.324. The van der Waals surface area contributed by atoms with Crippen molar-refractivity contribution in [1.82, 2.24) is 4.90 Å². The zero-order chi connectivity index (χ0) is 18.3. The van der Waals surface area contributed by atoms with Gasteiger partial charge in [0.15, 0.2) is 5.96 Å². The van der Waals surface area contributed by atoms with Crippen molar-refractivity contribution in [2.45, 2.75) is 0 Å². The summed E-state index contributed by atoms with van der Waals surface area (Å²) in [6.45, 7) is 3.95. The van der Waals surface area contributed by atoms with Gasteiger partial charge in [0.1, 0.15) is 15.7 Å². The van der Waals surface area contributed by atoms with Crippen molar-refractivity contribution in [3.05, 3.63) is 30.1 Å². The molecule has 1 aliphatic heterocycles. The van der Waals surface area contributed by atoms with Gasteiger partial charge in [-0.3, -0.25) is 4.99 Å². The van der Waals surface area contributed by atoms with Crippen LogP contribution < -0.4 is 10.6 Å². The van der Waals surface area contributed by atoms with Crippen LogP contribution in [0, 0.1) is 5.82 Å². The number of hydrogen-bond donors (Lipinski definition) is 1. The molecule has 0 aromatic heterocycles. The average Bonchev–Trinajstić information content (AvgIpc) is 2.58. The molecule has 1 saturated heterocycles. The number of ether oxygens (including phenoxy) is 1. The summed E-state index contributed by atoms with van der Waals surface area (Å²) in [6.07, 6.45) is 1.18. The first-order valence-electron chi connectivity index (χ1n) is 8.16. The Kier molecular flexibility index (Phi) is 7.01. The molecule has 7 nitrogen and oxygen atoms in total. The van der Waals surface area contributed by atoms with Crippen LogP contribution in [0.1, 0.15) is 0 Å². The number of piperazine rings is 1. The maximum atomic E-state index is 13.0. The molecule has 25 heavy (non-hydrogen) atoms. The Balaban J connectivity index is 1.69. The van der Waals surface area contributed by atoms with E-state index in [1.54, 1.807) is 12.1 Å². The summed E-state index contributed by atoms with van der Waals surface area (Å²) in [5.41, 5.74) is 6.99. The largest absolute Gasteiger partial charge is 0.378 e. The Morgan fingerprint density at radius 2 is 1.84 bits per heavy atom. The van der Waals surface area contributed by atoms with Crippen LogP contribution in [-0.2, 0) is 14.6 Å². The quantitative estimate of drug-likeness (QED) is 0.421. The highest BCUT2D eigenvalue weighted by Crippen LogP contribution is 2.16. The Morgan fingerprint density at radius 1 is 1.20 bits per heavy atom. The number of anilines is 1. The third-order valence-corrected chi connectivity index (χ3v) is 4.81. The van der Waals surface area contributed by atoms with E-state index in [4.69, 9.17) is 10.5 Å². The smallest absolute Gasteiger partial charge is 0.191 e. The minimum atomic E-state index is -2.99. The summed E-state index contributed by atoms with van der Waals surface area (Å²) < 4.78 is 40.1. The molecule has 1 heterocycles. The fraction of sp³-hybridized carbons (Fsp3) is 0.562. The number of halogens is 1. The molecule has 0 unspecified atom stereocenters. The van der Waals surface area contributed by atoms with Gasteiger partial charge >= 0.3 is 0 Å². The fourth-order valence-electron chi connectivity index (χ4n) is 2.48. The van der Waals surface area contributed by atoms with Gasteiger partial charge in [0.25, 0.3) is 0 Å². The number of nitrogens with two attached hydrogens (primary N) is 1. The Morgan fingerprint density at radius 3 is 2.44 bits per heavy atom. The van der Waals surface area contributed by atoms with Crippen molar-refractivity contribution in [3.63, 3.8) is 0 Å². The normalized spacial score (nSPS) is 16.3. The number of nitrogens with zero attached hydrogens (tertiary/aromatic N) is 3. The molecule has 2 N–H and O–H groups in total. The van der Waals surface area contributed by atoms with Crippen LogP contribution in [0.25, 0.3) is 0 Å². The molecule has 1 fully saturated rings. The van der Waals surface area contributed by atoms with E-state index in [1.807, 2.05) is 4.90 Å². The Labute approximate surface area is 148 Å². The van der Waals surface area contributed by atoms with Crippen LogP contribution in [0.2, 0.25) is 0 Å². The molecule has 0 amide bonds. The molecule has 1 aliphatic rings. The van der Waals surface area contributed by atoms with Crippen LogP contribution in [-0.4, -0.2) is 77.2 Å². The van der Waals surface area contributed by atoms with Gasteiger partial charge in [-0.25, -0.2) is 12.8 Å².